The van der Waals surface area contributed by atoms with Gasteiger partial charge in [0.05, 0.1) is 6.61 Å². The molecule has 1 atom stereocenters. The first kappa shape index (κ1) is 14.0. The van der Waals surface area contributed by atoms with Crippen LogP contribution in [0.2, 0.25) is 0 Å². The van der Waals surface area contributed by atoms with Gasteiger partial charge in [0.15, 0.2) is 0 Å². The maximum absolute atomic E-state index is 5.90. The Labute approximate surface area is 104 Å². The van der Waals surface area contributed by atoms with Gasteiger partial charge in [0, 0.05) is 20.2 Å². The van der Waals surface area contributed by atoms with Crippen LogP contribution in [0.4, 0.5) is 0 Å². The Hall–Kier alpha value is -1.06. The van der Waals surface area contributed by atoms with Crippen molar-refractivity contribution in [2.75, 3.05) is 26.8 Å². The standard InChI is InChI=1S/C14H23NO2/c1-4-13(11-15-9-10-16-3)17-14-7-5-12(2)6-8-14/h5-8,13,15H,4,9-11H2,1-3H3/t13-/m1/s1. The summed E-state index contributed by atoms with van der Waals surface area (Å²) in [5, 5.41) is 3.32. The van der Waals surface area contributed by atoms with Gasteiger partial charge in [-0.15, -0.1) is 0 Å². The molecule has 0 bridgehead atoms. The van der Waals surface area contributed by atoms with Crippen LogP contribution in [0.25, 0.3) is 0 Å². The first-order valence-corrected chi connectivity index (χ1v) is 6.19. The van der Waals surface area contributed by atoms with Gasteiger partial charge in [-0.2, -0.15) is 0 Å². The summed E-state index contributed by atoms with van der Waals surface area (Å²) in [6.07, 6.45) is 1.21. The number of nitrogens with one attached hydrogen (secondary N) is 1. The molecule has 0 saturated heterocycles. The topological polar surface area (TPSA) is 30.5 Å². The predicted octanol–water partition coefficient (Wildman–Crippen LogP) is 2.39. The zero-order valence-corrected chi connectivity index (χ0v) is 11.0. The third-order valence-electron chi connectivity index (χ3n) is 2.63. The van der Waals surface area contributed by atoms with Gasteiger partial charge in [-0.25, -0.2) is 0 Å². The summed E-state index contributed by atoms with van der Waals surface area (Å²) in [4.78, 5) is 0. The summed E-state index contributed by atoms with van der Waals surface area (Å²) < 4.78 is 10.9. The molecule has 0 fully saturated rings. The summed E-state index contributed by atoms with van der Waals surface area (Å²) >= 11 is 0. The van der Waals surface area contributed by atoms with Crippen LogP contribution >= 0.6 is 0 Å². The van der Waals surface area contributed by atoms with Gasteiger partial charge in [0.2, 0.25) is 0 Å². The van der Waals surface area contributed by atoms with Crippen LogP contribution < -0.4 is 10.1 Å². The SMILES string of the molecule is CC[C@H](CNCCOC)Oc1ccc(C)cc1. The van der Waals surface area contributed by atoms with Crippen LogP contribution in [0.1, 0.15) is 18.9 Å². The maximum atomic E-state index is 5.90. The van der Waals surface area contributed by atoms with E-state index in [1.807, 2.05) is 12.1 Å². The number of rotatable bonds is 8. The lowest BCUT2D eigenvalue weighted by Crippen LogP contribution is -2.32. The number of hydrogen-bond donors (Lipinski definition) is 1. The van der Waals surface area contributed by atoms with Crippen molar-refractivity contribution in [2.45, 2.75) is 26.4 Å². The van der Waals surface area contributed by atoms with E-state index in [0.717, 1.165) is 31.9 Å². The van der Waals surface area contributed by atoms with Crippen molar-refractivity contribution < 1.29 is 9.47 Å². The average molecular weight is 237 g/mol. The van der Waals surface area contributed by atoms with Crippen LogP contribution in [0.5, 0.6) is 5.75 Å². The molecule has 0 unspecified atom stereocenters. The molecule has 3 nitrogen and oxygen atoms in total. The highest BCUT2D eigenvalue weighted by molar-refractivity contribution is 5.26. The Kier molecular flexibility index (Phi) is 6.67. The molecule has 0 aromatic heterocycles. The van der Waals surface area contributed by atoms with E-state index in [1.165, 1.54) is 5.56 Å². The van der Waals surface area contributed by atoms with Gasteiger partial charge in [0.1, 0.15) is 11.9 Å². The molecule has 3 heteroatoms. The highest BCUT2D eigenvalue weighted by Crippen LogP contribution is 2.14. The summed E-state index contributed by atoms with van der Waals surface area (Å²) in [6.45, 7) is 6.67. The Morgan fingerprint density at radius 2 is 1.94 bits per heavy atom. The summed E-state index contributed by atoms with van der Waals surface area (Å²) in [6, 6.07) is 8.18. The maximum Gasteiger partial charge on any atom is 0.119 e. The van der Waals surface area contributed by atoms with Crippen molar-refractivity contribution in [2.24, 2.45) is 0 Å². The highest BCUT2D eigenvalue weighted by atomic mass is 16.5. The molecule has 0 spiro atoms. The second kappa shape index (κ2) is 8.09. The van der Waals surface area contributed by atoms with E-state index < -0.39 is 0 Å². The normalized spacial score (nSPS) is 12.4. The van der Waals surface area contributed by atoms with Gasteiger partial charge >= 0.3 is 0 Å². The van der Waals surface area contributed by atoms with Crippen molar-refractivity contribution in [1.29, 1.82) is 0 Å². The van der Waals surface area contributed by atoms with Gasteiger partial charge in [-0.1, -0.05) is 24.6 Å². The number of hydrogen-bond acceptors (Lipinski definition) is 3. The lowest BCUT2D eigenvalue weighted by atomic mass is 10.2. The van der Waals surface area contributed by atoms with Crippen molar-refractivity contribution in [3.8, 4) is 5.75 Å². The molecule has 17 heavy (non-hydrogen) atoms. The number of aryl methyl sites for hydroxylation is 1. The van der Waals surface area contributed by atoms with Crippen LogP contribution in [0, 0.1) is 6.92 Å². The fraction of sp³-hybridized carbons (Fsp3) is 0.571. The first-order valence-electron chi connectivity index (χ1n) is 6.19. The molecule has 1 rings (SSSR count). The molecule has 0 heterocycles. The molecule has 0 aliphatic heterocycles. The molecule has 96 valence electrons. The second-order valence-electron chi connectivity index (χ2n) is 4.16. The Morgan fingerprint density at radius 1 is 1.24 bits per heavy atom. The third-order valence-corrected chi connectivity index (χ3v) is 2.63. The largest absolute Gasteiger partial charge is 0.489 e. The zero-order chi connectivity index (χ0) is 12.5. The Morgan fingerprint density at radius 3 is 2.53 bits per heavy atom. The molecule has 0 amide bonds. The monoisotopic (exact) mass is 237 g/mol. The predicted molar refractivity (Wildman–Crippen MR) is 70.6 cm³/mol. The minimum absolute atomic E-state index is 0.217. The van der Waals surface area contributed by atoms with E-state index in [4.69, 9.17) is 9.47 Å². The van der Waals surface area contributed by atoms with E-state index in [-0.39, 0.29) is 6.10 Å². The van der Waals surface area contributed by atoms with Crippen molar-refractivity contribution >= 4 is 0 Å². The minimum atomic E-state index is 0.217. The summed E-state index contributed by atoms with van der Waals surface area (Å²) in [7, 11) is 1.71. The smallest absolute Gasteiger partial charge is 0.119 e. The molecule has 0 saturated carbocycles. The van der Waals surface area contributed by atoms with Gasteiger partial charge in [0.25, 0.3) is 0 Å². The molecule has 0 aliphatic rings. The molecule has 0 radical (unpaired) electrons. The lowest BCUT2D eigenvalue weighted by molar-refractivity contribution is 0.174. The fourth-order valence-electron chi connectivity index (χ4n) is 1.52. The van der Waals surface area contributed by atoms with Crippen molar-refractivity contribution in [3.05, 3.63) is 29.8 Å². The number of benzene rings is 1. The Bertz CT molecular complexity index is 298. The fourth-order valence-corrected chi connectivity index (χ4v) is 1.52. The van der Waals surface area contributed by atoms with Crippen molar-refractivity contribution in [1.82, 2.24) is 5.32 Å². The first-order chi connectivity index (χ1) is 8.26. The van der Waals surface area contributed by atoms with E-state index in [1.54, 1.807) is 7.11 Å². The average Bonchev–Trinajstić information content (AvgIpc) is 2.35. The molecule has 1 aromatic carbocycles. The van der Waals surface area contributed by atoms with Crippen LogP contribution in [-0.2, 0) is 4.74 Å². The van der Waals surface area contributed by atoms with Crippen LogP contribution in [0.3, 0.4) is 0 Å². The van der Waals surface area contributed by atoms with E-state index in [0.29, 0.717) is 0 Å². The molecule has 1 aromatic rings. The van der Waals surface area contributed by atoms with Gasteiger partial charge in [-0.3, -0.25) is 0 Å². The molecular weight excluding hydrogens is 214 g/mol. The van der Waals surface area contributed by atoms with Crippen molar-refractivity contribution in [3.63, 3.8) is 0 Å². The highest BCUT2D eigenvalue weighted by Gasteiger charge is 2.07. The number of ether oxygens (including phenoxy) is 2. The Balaban J connectivity index is 2.33. The van der Waals surface area contributed by atoms with Crippen LogP contribution in [0.15, 0.2) is 24.3 Å². The van der Waals surface area contributed by atoms with Crippen LogP contribution in [-0.4, -0.2) is 32.9 Å². The number of methoxy groups -OCH3 is 1. The quantitative estimate of drug-likeness (QED) is 0.704. The third kappa shape index (κ3) is 5.71. The molecule has 1 N–H and O–H groups in total. The van der Waals surface area contributed by atoms with E-state index in [9.17, 15) is 0 Å². The minimum Gasteiger partial charge on any atom is -0.489 e. The molecular formula is C14H23NO2. The van der Waals surface area contributed by atoms with Gasteiger partial charge in [-0.05, 0) is 25.5 Å². The molecule has 0 aliphatic carbocycles. The van der Waals surface area contributed by atoms with Gasteiger partial charge < -0.3 is 14.8 Å². The second-order valence-corrected chi connectivity index (χ2v) is 4.16. The van der Waals surface area contributed by atoms with E-state index >= 15 is 0 Å². The zero-order valence-electron chi connectivity index (χ0n) is 11.0. The lowest BCUT2D eigenvalue weighted by Gasteiger charge is -2.18. The summed E-state index contributed by atoms with van der Waals surface area (Å²) in [5.41, 5.74) is 1.25. The van der Waals surface area contributed by atoms with E-state index in [2.05, 4.69) is 31.3 Å². The summed E-state index contributed by atoms with van der Waals surface area (Å²) in [5.74, 6) is 0.941.